The third-order valence-electron chi connectivity index (χ3n) is 4.85. The quantitative estimate of drug-likeness (QED) is 0.877. The normalized spacial score (nSPS) is 23.7. The van der Waals surface area contributed by atoms with Crippen molar-refractivity contribution in [3.8, 4) is 0 Å². The van der Waals surface area contributed by atoms with Gasteiger partial charge in [0.05, 0.1) is 6.04 Å². The molecule has 1 saturated carbocycles. The molecule has 1 aromatic carbocycles. The molecule has 1 aliphatic heterocycles. The summed E-state index contributed by atoms with van der Waals surface area (Å²) in [6.07, 6.45) is 9.63. The second-order valence-electron chi connectivity index (χ2n) is 6.46. The Bertz CT molecular complexity index is 478. The van der Waals surface area contributed by atoms with Gasteiger partial charge in [0.25, 0.3) is 0 Å². The van der Waals surface area contributed by atoms with E-state index in [4.69, 9.17) is 0 Å². The van der Waals surface area contributed by atoms with Gasteiger partial charge in [0, 0.05) is 12.6 Å². The van der Waals surface area contributed by atoms with Crippen LogP contribution in [0.4, 0.5) is 0 Å². The summed E-state index contributed by atoms with van der Waals surface area (Å²) >= 11 is 0. The van der Waals surface area contributed by atoms with Gasteiger partial charge in [-0.2, -0.15) is 0 Å². The van der Waals surface area contributed by atoms with E-state index in [1.165, 1.54) is 43.2 Å². The fourth-order valence-corrected chi connectivity index (χ4v) is 3.54. The van der Waals surface area contributed by atoms with Crippen molar-refractivity contribution in [3.63, 3.8) is 0 Å². The molecule has 1 fully saturated rings. The third-order valence-corrected chi connectivity index (χ3v) is 4.85. The summed E-state index contributed by atoms with van der Waals surface area (Å²) in [7, 11) is 0. The summed E-state index contributed by atoms with van der Waals surface area (Å²) in [6, 6.07) is 8.74. The van der Waals surface area contributed by atoms with Crippen molar-refractivity contribution in [2.75, 3.05) is 0 Å². The number of carbonyl (C=O) groups is 1. The summed E-state index contributed by atoms with van der Waals surface area (Å²) in [5.74, 6) is 0.190. The van der Waals surface area contributed by atoms with Crippen LogP contribution in [-0.2, 0) is 17.8 Å². The molecule has 0 spiro atoms. The van der Waals surface area contributed by atoms with Gasteiger partial charge in [-0.25, -0.2) is 0 Å². The summed E-state index contributed by atoms with van der Waals surface area (Å²) in [5, 5.41) is 6.67. The minimum Gasteiger partial charge on any atom is -0.352 e. The average Bonchev–Trinajstić information content (AvgIpc) is 2.49. The number of rotatable bonds is 2. The summed E-state index contributed by atoms with van der Waals surface area (Å²) in [5.41, 5.74) is 2.64. The standard InChI is InChI=1S/C18H26N2O/c21-18(20-16-10-4-2-1-3-5-11-16)17-12-14-8-6-7-9-15(14)13-19-17/h6-9,16-17,19H,1-5,10-13H2,(H,20,21)/t17-/m1/s1. The van der Waals surface area contributed by atoms with E-state index in [0.717, 1.165) is 25.8 Å². The predicted molar refractivity (Wildman–Crippen MR) is 85.0 cm³/mol. The average molecular weight is 286 g/mol. The van der Waals surface area contributed by atoms with Crippen LogP contribution in [-0.4, -0.2) is 18.0 Å². The lowest BCUT2D eigenvalue weighted by Gasteiger charge is -2.28. The van der Waals surface area contributed by atoms with Crippen LogP contribution < -0.4 is 10.6 Å². The van der Waals surface area contributed by atoms with Gasteiger partial charge in [0.2, 0.25) is 5.91 Å². The highest BCUT2D eigenvalue weighted by Gasteiger charge is 2.25. The van der Waals surface area contributed by atoms with Crippen LogP contribution in [0, 0.1) is 0 Å². The number of nitrogens with one attached hydrogen (secondary N) is 2. The summed E-state index contributed by atoms with van der Waals surface area (Å²) in [6.45, 7) is 0.804. The number of hydrogen-bond donors (Lipinski definition) is 2. The molecule has 0 unspecified atom stereocenters. The lowest BCUT2D eigenvalue weighted by molar-refractivity contribution is -0.124. The zero-order valence-electron chi connectivity index (χ0n) is 12.7. The van der Waals surface area contributed by atoms with Gasteiger partial charge in [-0.3, -0.25) is 4.79 Å². The van der Waals surface area contributed by atoms with Crippen LogP contribution in [0.3, 0.4) is 0 Å². The maximum atomic E-state index is 12.5. The number of fused-ring (bicyclic) bond motifs is 1. The van der Waals surface area contributed by atoms with Gasteiger partial charge in [-0.05, 0) is 30.4 Å². The van der Waals surface area contributed by atoms with Crippen LogP contribution in [0.15, 0.2) is 24.3 Å². The highest BCUT2D eigenvalue weighted by Crippen LogP contribution is 2.19. The third kappa shape index (κ3) is 3.85. The van der Waals surface area contributed by atoms with E-state index in [0.29, 0.717) is 6.04 Å². The molecular weight excluding hydrogens is 260 g/mol. The molecule has 0 aromatic heterocycles. The first-order valence-electron chi connectivity index (χ1n) is 8.43. The van der Waals surface area contributed by atoms with Crippen LogP contribution in [0.25, 0.3) is 0 Å². The van der Waals surface area contributed by atoms with Crippen LogP contribution >= 0.6 is 0 Å². The molecule has 0 bridgehead atoms. The lowest BCUT2D eigenvalue weighted by Crippen LogP contribution is -2.50. The number of benzene rings is 1. The van der Waals surface area contributed by atoms with Gasteiger partial charge in [-0.1, -0.05) is 56.4 Å². The van der Waals surface area contributed by atoms with Crippen molar-refractivity contribution >= 4 is 5.91 Å². The van der Waals surface area contributed by atoms with Crippen LogP contribution in [0.5, 0.6) is 0 Å². The Morgan fingerprint density at radius 1 is 1.00 bits per heavy atom. The monoisotopic (exact) mass is 286 g/mol. The molecule has 1 aliphatic carbocycles. The molecule has 3 rings (SSSR count). The first-order valence-corrected chi connectivity index (χ1v) is 8.43. The Balaban J connectivity index is 1.56. The maximum absolute atomic E-state index is 12.5. The molecule has 0 radical (unpaired) electrons. The maximum Gasteiger partial charge on any atom is 0.237 e. The lowest BCUT2D eigenvalue weighted by atomic mass is 9.94. The van der Waals surface area contributed by atoms with Gasteiger partial charge >= 0.3 is 0 Å². The fraction of sp³-hybridized carbons (Fsp3) is 0.611. The molecule has 3 nitrogen and oxygen atoms in total. The minimum atomic E-state index is -0.0645. The summed E-state index contributed by atoms with van der Waals surface area (Å²) in [4.78, 5) is 12.5. The van der Waals surface area contributed by atoms with Crippen LogP contribution in [0.1, 0.15) is 56.1 Å². The largest absolute Gasteiger partial charge is 0.352 e. The van der Waals surface area contributed by atoms with Gasteiger partial charge < -0.3 is 10.6 Å². The molecule has 114 valence electrons. The number of amides is 1. The molecule has 3 heteroatoms. The molecule has 2 aliphatic rings. The van der Waals surface area contributed by atoms with Gasteiger partial charge in [0.15, 0.2) is 0 Å². The first-order chi connectivity index (χ1) is 10.3. The molecule has 1 aromatic rings. The van der Waals surface area contributed by atoms with Crippen molar-refractivity contribution in [1.29, 1.82) is 0 Å². The summed E-state index contributed by atoms with van der Waals surface area (Å²) < 4.78 is 0. The van der Waals surface area contributed by atoms with E-state index in [9.17, 15) is 4.79 Å². The molecule has 2 N–H and O–H groups in total. The molecule has 1 heterocycles. The first kappa shape index (κ1) is 14.6. The highest BCUT2D eigenvalue weighted by molar-refractivity contribution is 5.82. The van der Waals surface area contributed by atoms with E-state index in [1.54, 1.807) is 0 Å². The van der Waals surface area contributed by atoms with Crippen molar-refractivity contribution in [3.05, 3.63) is 35.4 Å². The Morgan fingerprint density at radius 2 is 1.67 bits per heavy atom. The number of hydrogen-bond acceptors (Lipinski definition) is 2. The number of carbonyl (C=O) groups excluding carboxylic acids is 1. The molecular formula is C18H26N2O. The van der Waals surface area contributed by atoms with E-state index >= 15 is 0 Å². The zero-order valence-corrected chi connectivity index (χ0v) is 12.7. The molecule has 1 amide bonds. The van der Waals surface area contributed by atoms with Gasteiger partial charge in [0.1, 0.15) is 0 Å². The van der Waals surface area contributed by atoms with Crippen molar-refractivity contribution in [2.24, 2.45) is 0 Å². The second-order valence-corrected chi connectivity index (χ2v) is 6.46. The molecule has 1 atom stereocenters. The zero-order chi connectivity index (χ0) is 14.5. The Morgan fingerprint density at radius 3 is 2.43 bits per heavy atom. The Hall–Kier alpha value is -1.35. The molecule has 21 heavy (non-hydrogen) atoms. The van der Waals surface area contributed by atoms with Crippen molar-refractivity contribution < 1.29 is 4.79 Å². The minimum absolute atomic E-state index is 0.0645. The Labute approximate surface area is 127 Å². The highest BCUT2D eigenvalue weighted by atomic mass is 16.2. The van der Waals surface area contributed by atoms with Crippen molar-refractivity contribution in [2.45, 2.75) is 70.0 Å². The van der Waals surface area contributed by atoms with E-state index in [-0.39, 0.29) is 11.9 Å². The fourth-order valence-electron chi connectivity index (χ4n) is 3.54. The van der Waals surface area contributed by atoms with Crippen molar-refractivity contribution in [1.82, 2.24) is 10.6 Å². The smallest absolute Gasteiger partial charge is 0.237 e. The predicted octanol–water partition coefficient (Wildman–Crippen LogP) is 2.93. The van der Waals surface area contributed by atoms with E-state index in [1.807, 2.05) is 0 Å². The van der Waals surface area contributed by atoms with E-state index in [2.05, 4.69) is 34.9 Å². The SMILES string of the molecule is O=C(NC1CCCCCCC1)[C@H]1Cc2ccccc2CN1. The second kappa shape index (κ2) is 7.08. The Kier molecular flexibility index (Phi) is 4.91. The topological polar surface area (TPSA) is 41.1 Å². The molecule has 0 saturated heterocycles. The van der Waals surface area contributed by atoms with E-state index < -0.39 is 0 Å². The van der Waals surface area contributed by atoms with Gasteiger partial charge in [-0.15, -0.1) is 0 Å². The van der Waals surface area contributed by atoms with Crippen LogP contribution in [0.2, 0.25) is 0 Å².